The number of methoxy groups -OCH3 is 1. The van der Waals surface area contributed by atoms with Crippen LogP contribution < -0.4 is 9.47 Å². The van der Waals surface area contributed by atoms with Crippen LogP contribution in [0.15, 0.2) is 42.9 Å². The molecule has 0 unspecified atom stereocenters. The molecule has 3 aromatic rings. The third-order valence-corrected chi connectivity index (χ3v) is 6.01. The number of rotatable bonds is 5. The number of halogens is 1. The molecule has 1 aromatic carbocycles. The number of hydrogen-bond donors (Lipinski definition) is 0. The minimum Gasteiger partial charge on any atom is -0.493 e. The van der Waals surface area contributed by atoms with Gasteiger partial charge in [0.25, 0.3) is 5.91 Å². The Labute approximate surface area is 179 Å². The SMILES string of the molecule is COc1c(Cc2ccc(-n3cccn3)nc2)cc2c(c1F)OCN(C1CCCC1)C2=O. The Morgan fingerprint density at radius 1 is 1.29 bits per heavy atom. The summed E-state index contributed by atoms with van der Waals surface area (Å²) in [5.74, 6) is -0.0456. The number of carbonyl (C=O) groups excluding carboxylic acids is 1. The Balaban J connectivity index is 1.46. The minimum absolute atomic E-state index is 0.0213. The number of ether oxygens (including phenoxy) is 2. The van der Waals surface area contributed by atoms with E-state index in [0.717, 1.165) is 31.2 Å². The van der Waals surface area contributed by atoms with Crippen LogP contribution in [0.2, 0.25) is 0 Å². The van der Waals surface area contributed by atoms with Gasteiger partial charge < -0.3 is 14.4 Å². The average molecular weight is 422 g/mol. The van der Waals surface area contributed by atoms with Gasteiger partial charge in [-0.05, 0) is 36.6 Å². The Bertz CT molecular complexity index is 1090. The van der Waals surface area contributed by atoms with Crippen LogP contribution in [0.5, 0.6) is 11.5 Å². The maximum absolute atomic E-state index is 15.2. The van der Waals surface area contributed by atoms with Gasteiger partial charge in [-0.2, -0.15) is 9.49 Å². The van der Waals surface area contributed by atoms with Gasteiger partial charge in [-0.15, -0.1) is 0 Å². The minimum atomic E-state index is -0.629. The van der Waals surface area contributed by atoms with E-state index in [-0.39, 0.29) is 35.7 Å². The summed E-state index contributed by atoms with van der Waals surface area (Å²) in [6, 6.07) is 7.43. The van der Waals surface area contributed by atoms with Gasteiger partial charge in [0.15, 0.2) is 24.0 Å². The van der Waals surface area contributed by atoms with Crippen LogP contribution >= 0.6 is 0 Å². The van der Waals surface area contributed by atoms with Gasteiger partial charge in [0.05, 0.1) is 12.7 Å². The number of benzene rings is 1. The molecule has 160 valence electrons. The van der Waals surface area contributed by atoms with E-state index >= 15 is 4.39 Å². The molecular weight excluding hydrogens is 399 g/mol. The highest BCUT2D eigenvalue weighted by molar-refractivity contribution is 5.98. The van der Waals surface area contributed by atoms with E-state index in [4.69, 9.17) is 9.47 Å². The molecule has 0 atom stereocenters. The first-order valence-electron chi connectivity index (χ1n) is 10.4. The number of pyridine rings is 1. The maximum Gasteiger partial charge on any atom is 0.260 e. The summed E-state index contributed by atoms with van der Waals surface area (Å²) < 4.78 is 27.9. The molecule has 1 saturated carbocycles. The highest BCUT2D eigenvalue weighted by Gasteiger charge is 2.36. The average Bonchev–Trinajstić information content (AvgIpc) is 3.50. The first-order chi connectivity index (χ1) is 15.2. The van der Waals surface area contributed by atoms with Crippen molar-refractivity contribution in [1.29, 1.82) is 0 Å². The Morgan fingerprint density at radius 3 is 2.81 bits per heavy atom. The molecule has 5 rings (SSSR count). The number of hydrogen-bond acceptors (Lipinski definition) is 5. The normalized spacial score (nSPS) is 16.3. The molecule has 3 heterocycles. The lowest BCUT2D eigenvalue weighted by Crippen LogP contribution is -2.44. The summed E-state index contributed by atoms with van der Waals surface area (Å²) in [6.07, 6.45) is 9.72. The molecule has 31 heavy (non-hydrogen) atoms. The fraction of sp³-hybridized carbons (Fsp3) is 0.348. The van der Waals surface area contributed by atoms with Crippen LogP contribution in [0.25, 0.3) is 5.82 Å². The second kappa shape index (κ2) is 8.02. The Hall–Kier alpha value is -3.42. The lowest BCUT2D eigenvalue weighted by molar-refractivity contribution is 0.0376. The monoisotopic (exact) mass is 422 g/mol. The Morgan fingerprint density at radius 2 is 2.13 bits per heavy atom. The zero-order valence-corrected chi connectivity index (χ0v) is 17.3. The van der Waals surface area contributed by atoms with Crippen molar-refractivity contribution in [3.05, 3.63) is 65.4 Å². The highest BCUT2D eigenvalue weighted by atomic mass is 19.1. The van der Waals surface area contributed by atoms with E-state index in [1.165, 1.54) is 7.11 Å². The number of carbonyl (C=O) groups is 1. The molecule has 2 aromatic heterocycles. The molecule has 1 fully saturated rings. The Kier molecular flexibility index (Phi) is 5.05. The lowest BCUT2D eigenvalue weighted by atomic mass is 9.99. The summed E-state index contributed by atoms with van der Waals surface area (Å²) in [4.78, 5) is 19.3. The van der Waals surface area contributed by atoms with E-state index in [2.05, 4.69) is 10.1 Å². The smallest absolute Gasteiger partial charge is 0.260 e. The predicted octanol–water partition coefficient (Wildman–Crippen LogP) is 3.74. The van der Waals surface area contributed by atoms with Crippen molar-refractivity contribution in [2.75, 3.05) is 13.8 Å². The summed E-state index contributed by atoms with van der Waals surface area (Å²) in [5, 5.41) is 4.16. The summed E-state index contributed by atoms with van der Waals surface area (Å²) in [6.45, 7) is 0.0781. The van der Waals surface area contributed by atoms with Crippen LogP contribution in [0.4, 0.5) is 4.39 Å². The third-order valence-electron chi connectivity index (χ3n) is 6.01. The van der Waals surface area contributed by atoms with E-state index in [0.29, 0.717) is 17.8 Å². The van der Waals surface area contributed by atoms with Gasteiger partial charge in [0, 0.05) is 36.6 Å². The number of aromatic nitrogens is 3. The fourth-order valence-corrected chi connectivity index (χ4v) is 4.44. The first kappa shape index (κ1) is 19.5. The topological polar surface area (TPSA) is 69.5 Å². The van der Waals surface area contributed by atoms with Gasteiger partial charge in [-0.25, -0.2) is 9.67 Å². The van der Waals surface area contributed by atoms with Crippen molar-refractivity contribution in [2.45, 2.75) is 38.1 Å². The standard InChI is InChI=1S/C23H23FN4O3/c1-30-21-16(11-15-7-8-19(25-13-15)28-10-4-9-26-28)12-18-22(20(21)24)31-14-27(23(18)29)17-5-2-3-6-17/h4,7-10,12-13,17H,2-3,5-6,11,14H2,1H3. The van der Waals surface area contributed by atoms with E-state index in [1.807, 2.05) is 24.4 Å². The maximum atomic E-state index is 15.2. The molecule has 1 amide bonds. The summed E-state index contributed by atoms with van der Waals surface area (Å²) >= 11 is 0. The van der Waals surface area contributed by atoms with Gasteiger partial charge in [0.1, 0.15) is 0 Å². The second-order valence-corrected chi connectivity index (χ2v) is 7.90. The molecule has 0 saturated heterocycles. The molecule has 0 spiro atoms. The molecule has 1 aliphatic carbocycles. The molecule has 0 N–H and O–H groups in total. The predicted molar refractivity (Wildman–Crippen MR) is 111 cm³/mol. The number of amides is 1. The molecule has 0 bridgehead atoms. The molecule has 0 radical (unpaired) electrons. The fourth-order valence-electron chi connectivity index (χ4n) is 4.44. The van der Waals surface area contributed by atoms with Crippen molar-refractivity contribution in [3.63, 3.8) is 0 Å². The van der Waals surface area contributed by atoms with E-state index < -0.39 is 5.82 Å². The van der Waals surface area contributed by atoms with Crippen molar-refractivity contribution < 1.29 is 18.7 Å². The zero-order chi connectivity index (χ0) is 21.4. The zero-order valence-electron chi connectivity index (χ0n) is 17.3. The van der Waals surface area contributed by atoms with E-state index in [1.54, 1.807) is 28.0 Å². The van der Waals surface area contributed by atoms with Gasteiger partial charge in [-0.3, -0.25) is 4.79 Å². The number of nitrogens with zero attached hydrogens (tertiary/aromatic N) is 4. The van der Waals surface area contributed by atoms with Crippen LogP contribution in [0.3, 0.4) is 0 Å². The van der Waals surface area contributed by atoms with Crippen molar-refractivity contribution in [2.24, 2.45) is 0 Å². The van der Waals surface area contributed by atoms with Crippen molar-refractivity contribution >= 4 is 5.91 Å². The van der Waals surface area contributed by atoms with Crippen molar-refractivity contribution in [1.82, 2.24) is 19.7 Å². The van der Waals surface area contributed by atoms with Crippen LogP contribution in [0, 0.1) is 5.82 Å². The van der Waals surface area contributed by atoms with Crippen LogP contribution in [-0.4, -0.2) is 45.5 Å². The molecule has 8 heteroatoms. The van der Waals surface area contributed by atoms with Crippen LogP contribution in [0.1, 0.15) is 47.2 Å². The van der Waals surface area contributed by atoms with Crippen LogP contribution in [-0.2, 0) is 6.42 Å². The number of fused-ring (bicyclic) bond motifs is 1. The molecular formula is C23H23FN4O3. The largest absolute Gasteiger partial charge is 0.493 e. The van der Waals surface area contributed by atoms with E-state index in [9.17, 15) is 4.79 Å². The molecule has 7 nitrogen and oxygen atoms in total. The summed E-state index contributed by atoms with van der Waals surface area (Å²) in [7, 11) is 1.42. The second-order valence-electron chi connectivity index (χ2n) is 7.90. The molecule has 1 aliphatic heterocycles. The van der Waals surface area contributed by atoms with Gasteiger partial charge in [0.2, 0.25) is 5.82 Å². The summed E-state index contributed by atoms with van der Waals surface area (Å²) in [5.41, 5.74) is 1.70. The quantitative estimate of drug-likeness (QED) is 0.627. The van der Waals surface area contributed by atoms with Gasteiger partial charge in [-0.1, -0.05) is 18.9 Å². The van der Waals surface area contributed by atoms with Gasteiger partial charge >= 0.3 is 0 Å². The first-order valence-corrected chi connectivity index (χ1v) is 10.4. The highest BCUT2D eigenvalue weighted by Crippen LogP contribution is 2.39. The van der Waals surface area contributed by atoms with Crippen molar-refractivity contribution in [3.8, 4) is 17.3 Å². The lowest BCUT2D eigenvalue weighted by Gasteiger charge is -2.34. The third kappa shape index (κ3) is 3.52. The molecule has 2 aliphatic rings.